The summed E-state index contributed by atoms with van der Waals surface area (Å²) in [7, 11) is -3.97. The highest BCUT2D eigenvalue weighted by atomic mass is 35.5. The molecule has 3 rings (SSSR count). The van der Waals surface area contributed by atoms with Crippen LogP contribution in [0.5, 0.6) is 0 Å². The Hall–Kier alpha value is -3.83. The molecule has 1 unspecified atom stereocenters. The lowest BCUT2D eigenvalue weighted by Gasteiger charge is -2.23. The van der Waals surface area contributed by atoms with Gasteiger partial charge < -0.3 is 19.8 Å². The van der Waals surface area contributed by atoms with E-state index in [1.165, 1.54) is 40.9 Å². The fourth-order valence-corrected chi connectivity index (χ4v) is 5.17. The number of carbonyl (C=O) groups is 3. The van der Waals surface area contributed by atoms with Crippen molar-refractivity contribution in [3.8, 4) is 0 Å². The predicted molar refractivity (Wildman–Crippen MR) is 142 cm³/mol. The number of carbonyl (C=O) groups excluding carboxylic acids is 3. The van der Waals surface area contributed by atoms with E-state index in [1.807, 2.05) is 0 Å². The summed E-state index contributed by atoms with van der Waals surface area (Å²) in [5.41, 5.74) is 0.519. The van der Waals surface area contributed by atoms with Crippen LogP contribution in [0.25, 0.3) is 0 Å². The molecule has 2 aromatic carbocycles. The minimum absolute atomic E-state index is 0.0274. The number of nitrogens with one attached hydrogen (secondary N) is 2. The third-order valence-corrected chi connectivity index (χ3v) is 7.66. The number of esters is 1. The molecule has 2 N–H and O–H groups in total. The highest BCUT2D eigenvalue weighted by molar-refractivity contribution is 7.92. The first-order valence-electron chi connectivity index (χ1n) is 11.7. The molecule has 2 amide bonds. The summed E-state index contributed by atoms with van der Waals surface area (Å²) in [5, 5.41) is 5.09. The van der Waals surface area contributed by atoms with Gasteiger partial charge in [0, 0.05) is 6.54 Å². The van der Waals surface area contributed by atoms with E-state index in [9.17, 15) is 22.8 Å². The van der Waals surface area contributed by atoms with Crippen LogP contribution in [0.3, 0.4) is 0 Å². The van der Waals surface area contributed by atoms with Gasteiger partial charge in [0.1, 0.15) is 6.04 Å². The number of hydrogen-bond acceptors (Lipinski definition) is 7. The van der Waals surface area contributed by atoms with Crippen molar-refractivity contribution >= 4 is 50.8 Å². The Labute approximate surface area is 226 Å². The zero-order valence-corrected chi connectivity index (χ0v) is 22.6. The third kappa shape index (κ3) is 6.93. The van der Waals surface area contributed by atoms with Gasteiger partial charge in [-0.25, -0.2) is 13.2 Å². The number of nitrogens with zero attached hydrogens (tertiary/aromatic N) is 1. The van der Waals surface area contributed by atoms with Crippen LogP contribution in [0.4, 0.5) is 11.4 Å². The van der Waals surface area contributed by atoms with Crippen LogP contribution in [-0.4, -0.2) is 45.4 Å². The van der Waals surface area contributed by atoms with Gasteiger partial charge in [-0.2, -0.15) is 0 Å². The summed E-state index contributed by atoms with van der Waals surface area (Å²) in [6.07, 6.45) is 1.33. The second-order valence-corrected chi connectivity index (χ2v) is 10.7. The van der Waals surface area contributed by atoms with Crippen molar-refractivity contribution in [2.75, 3.05) is 22.8 Å². The lowest BCUT2D eigenvalue weighted by Crippen LogP contribution is -2.45. The number of ether oxygens (including phenoxy) is 1. The van der Waals surface area contributed by atoms with Crippen molar-refractivity contribution in [2.45, 2.75) is 31.7 Å². The quantitative estimate of drug-likeness (QED) is 0.337. The van der Waals surface area contributed by atoms with Gasteiger partial charge in [-0.05, 0) is 55.3 Å². The Bertz CT molecular complexity index is 1380. The van der Waals surface area contributed by atoms with E-state index in [0.717, 1.165) is 0 Å². The summed E-state index contributed by atoms with van der Waals surface area (Å²) in [6, 6.07) is 14.5. The van der Waals surface area contributed by atoms with Crippen molar-refractivity contribution in [1.29, 1.82) is 0 Å². The van der Waals surface area contributed by atoms with Crippen LogP contribution >= 0.6 is 11.6 Å². The van der Waals surface area contributed by atoms with Gasteiger partial charge in [0.2, 0.25) is 0 Å². The smallest absolute Gasteiger partial charge is 0.329 e. The Kier molecular flexibility index (Phi) is 9.54. The molecule has 0 fully saturated rings. The molecule has 1 heterocycles. The number of halogens is 1. The second-order valence-electron chi connectivity index (χ2n) is 8.48. The molecular weight excluding hydrogens is 534 g/mol. The van der Waals surface area contributed by atoms with Crippen LogP contribution in [0, 0.1) is 5.92 Å². The molecule has 0 aliphatic carbocycles. The molecule has 202 valence electrons. The van der Waals surface area contributed by atoms with Crippen LogP contribution in [0.2, 0.25) is 5.02 Å². The zero-order valence-electron chi connectivity index (χ0n) is 21.0. The maximum absolute atomic E-state index is 13.3. The summed E-state index contributed by atoms with van der Waals surface area (Å²) in [6.45, 7) is 4.61. The number of para-hydroxylation sites is 1. The molecule has 0 spiro atoms. The van der Waals surface area contributed by atoms with Crippen molar-refractivity contribution in [3.63, 3.8) is 0 Å². The highest BCUT2D eigenvalue weighted by Crippen LogP contribution is 2.29. The number of benzene rings is 2. The topological polar surface area (TPSA) is 135 Å². The van der Waals surface area contributed by atoms with Gasteiger partial charge >= 0.3 is 5.97 Å². The molecule has 3 aromatic rings. The fraction of sp³-hybridized carbons (Fsp3) is 0.269. The zero-order chi connectivity index (χ0) is 27.9. The molecule has 0 radical (unpaired) electrons. The monoisotopic (exact) mass is 561 g/mol. The lowest BCUT2D eigenvalue weighted by molar-refractivity contribution is -0.150. The molecule has 12 heteroatoms. The number of amides is 2. The third-order valence-electron chi connectivity index (χ3n) is 5.43. The molecule has 10 nitrogen and oxygen atoms in total. The van der Waals surface area contributed by atoms with Crippen molar-refractivity contribution in [2.24, 2.45) is 5.92 Å². The molecule has 1 aromatic heterocycles. The maximum atomic E-state index is 13.3. The van der Waals surface area contributed by atoms with Crippen LogP contribution in [0.1, 0.15) is 31.3 Å². The van der Waals surface area contributed by atoms with Gasteiger partial charge in [0.15, 0.2) is 12.4 Å². The van der Waals surface area contributed by atoms with Crippen molar-refractivity contribution in [3.05, 3.63) is 77.7 Å². The van der Waals surface area contributed by atoms with Crippen LogP contribution in [0.15, 0.2) is 76.2 Å². The molecule has 1 atom stereocenters. The van der Waals surface area contributed by atoms with Gasteiger partial charge in [-0.3, -0.25) is 13.9 Å². The number of anilines is 2. The molecule has 38 heavy (non-hydrogen) atoms. The number of hydrogen-bond donors (Lipinski definition) is 2. The van der Waals surface area contributed by atoms with Gasteiger partial charge in [-0.15, -0.1) is 0 Å². The second kappa shape index (κ2) is 12.6. The van der Waals surface area contributed by atoms with E-state index in [1.54, 1.807) is 51.1 Å². The minimum atomic E-state index is -3.97. The van der Waals surface area contributed by atoms with E-state index in [0.29, 0.717) is 5.69 Å². The lowest BCUT2D eigenvalue weighted by atomic mass is 10.0. The van der Waals surface area contributed by atoms with E-state index in [-0.39, 0.29) is 33.8 Å². The predicted octanol–water partition coefficient (Wildman–Crippen LogP) is 4.08. The van der Waals surface area contributed by atoms with Crippen LogP contribution < -0.4 is 14.9 Å². The summed E-state index contributed by atoms with van der Waals surface area (Å²) in [5.74, 6) is -2.48. The molecule has 0 saturated carbocycles. The summed E-state index contributed by atoms with van der Waals surface area (Å²) >= 11 is 6.19. The van der Waals surface area contributed by atoms with Gasteiger partial charge in [-0.1, -0.05) is 43.6 Å². The highest BCUT2D eigenvalue weighted by Gasteiger charge is 2.28. The minimum Gasteiger partial charge on any atom is -0.459 e. The van der Waals surface area contributed by atoms with E-state index in [2.05, 4.69) is 10.6 Å². The van der Waals surface area contributed by atoms with E-state index in [4.69, 9.17) is 20.8 Å². The standard InChI is InChI=1S/C26H28ClN3O7S/c1-4-30(18-9-6-5-7-10-18)38(34,35)19-12-13-20(27)21(15-19)28-23(31)16-37-26(33)24(17(2)3)29-25(32)22-11-8-14-36-22/h5-15,17,24H,4,16H2,1-3H3,(H,28,31)(H,29,32). The molecular formula is C26H28ClN3O7S. The normalized spacial score (nSPS) is 12.0. The first kappa shape index (κ1) is 28.7. The molecule has 0 saturated heterocycles. The summed E-state index contributed by atoms with van der Waals surface area (Å²) in [4.78, 5) is 37.3. The van der Waals surface area contributed by atoms with Crippen molar-refractivity contribution < 1.29 is 32.0 Å². The van der Waals surface area contributed by atoms with E-state index < -0.39 is 40.5 Å². The number of furan rings is 1. The average Bonchev–Trinajstić information content (AvgIpc) is 3.43. The molecule has 0 aliphatic heterocycles. The maximum Gasteiger partial charge on any atom is 0.329 e. The number of sulfonamides is 1. The molecule has 0 aliphatic rings. The first-order valence-corrected chi connectivity index (χ1v) is 13.5. The summed E-state index contributed by atoms with van der Waals surface area (Å²) < 4.78 is 38.0. The largest absolute Gasteiger partial charge is 0.459 e. The Balaban J connectivity index is 1.68. The van der Waals surface area contributed by atoms with Gasteiger partial charge in [0.25, 0.3) is 21.8 Å². The van der Waals surface area contributed by atoms with Crippen molar-refractivity contribution in [1.82, 2.24) is 5.32 Å². The Morgan fingerprint density at radius 3 is 2.37 bits per heavy atom. The Morgan fingerprint density at radius 1 is 1.05 bits per heavy atom. The number of rotatable bonds is 11. The Morgan fingerprint density at radius 2 is 1.76 bits per heavy atom. The van der Waals surface area contributed by atoms with E-state index >= 15 is 0 Å². The fourth-order valence-electron chi connectivity index (χ4n) is 3.50. The SMILES string of the molecule is CCN(c1ccccc1)S(=O)(=O)c1ccc(Cl)c(NC(=O)COC(=O)C(NC(=O)c2ccco2)C(C)C)c1. The first-order chi connectivity index (χ1) is 18.0. The molecule has 0 bridgehead atoms. The average molecular weight is 562 g/mol. The van der Waals surface area contributed by atoms with Crippen LogP contribution in [-0.2, 0) is 24.3 Å². The van der Waals surface area contributed by atoms with Gasteiger partial charge in [0.05, 0.1) is 27.6 Å².